The van der Waals surface area contributed by atoms with E-state index < -0.39 is 28.7 Å². The van der Waals surface area contributed by atoms with Gasteiger partial charge in [-0.05, 0) is 0 Å². The zero-order valence-corrected chi connectivity index (χ0v) is 6.81. The molecule has 0 amide bonds. The van der Waals surface area contributed by atoms with E-state index in [9.17, 15) is 10.2 Å². The molecule has 0 unspecified atom stereocenters. The van der Waals surface area contributed by atoms with Crippen LogP contribution >= 0.6 is 0 Å². The monoisotopic (exact) mass is 183 g/mol. The van der Waals surface area contributed by atoms with Crippen molar-refractivity contribution in [2.75, 3.05) is 0 Å². The van der Waals surface area contributed by atoms with Crippen LogP contribution in [0.5, 0.6) is 28.7 Å². The van der Waals surface area contributed by atoms with Crippen molar-refractivity contribution in [3.63, 3.8) is 0 Å². The summed E-state index contributed by atoms with van der Waals surface area (Å²) in [6, 6.07) is 0. The van der Waals surface area contributed by atoms with E-state index in [4.69, 9.17) is 15.3 Å². The van der Waals surface area contributed by atoms with E-state index in [0.29, 0.717) is 0 Å². The number of phenolic OH excluding ortho intramolecular Hbond substituents is 5. The fraction of sp³-hybridized carbons (Fsp3) is 0.143. The second kappa shape index (κ2) is 2.97. The number of phenols is 5. The largest absolute Gasteiger partial charge is 0.504 e. The molecule has 69 valence electrons. The molecule has 0 aliphatic rings. The maximum absolute atomic E-state index is 9.17. The Morgan fingerprint density at radius 2 is 1.00 bits per heavy atom. The molecule has 5 N–H and O–H groups in total. The Morgan fingerprint density at radius 1 is 0.692 bits per heavy atom. The maximum atomic E-state index is 9.17. The van der Waals surface area contributed by atoms with Gasteiger partial charge in [0.1, 0.15) is 0 Å². The standard InChI is InChI=1S/C7H8BO5/c1-8-2-3(9)5(11)7(13)6(12)4(2)10/h9-13H,1H3. The lowest BCUT2D eigenvalue weighted by Gasteiger charge is -2.10. The fourth-order valence-corrected chi connectivity index (χ4v) is 0.977. The van der Waals surface area contributed by atoms with E-state index in [0.717, 1.165) is 0 Å². The smallest absolute Gasteiger partial charge is 0.208 e. The summed E-state index contributed by atoms with van der Waals surface area (Å²) in [5, 5.41) is 45.4. The third-order valence-corrected chi connectivity index (χ3v) is 1.70. The molecule has 0 aliphatic heterocycles. The molecule has 0 spiro atoms. The first-order valence-electron chi connectivity index (χ1n) is 3.48. The number of benzene rings is 1. The minimum atomic E-state index is -0.944. The maximum Gasteiger partial charge on any atom is 0.208 e. The predicted octanol–water partition coefficient (Wildman–Crippen LogP) is -0.408. The molecule has 1 aromatic rings. The molecule has 6 heteroatoms. The minimum absolute atomic E-state index is 0.132. The summed E-state index contributed by atoms with van der Waals surface area (Å²) >= 11 is 0. The van der Waals surface area contributed by atoms with Crippen molar-refractivity contribution in [1.82, 2.24) is 0 Å². The summed E-state index contributed by atoms with van der Waals surface area (Å²) in [4.78, 5) is 0. The molecule has 0 fully saturated rings. The van der Waals surface area contributed by atoms with Crippen molar-refractivity contribution in [2.45, 2.75) is 6.82 Å². The average molecular weight is 183 g/mol. The van der Waals surface area contributed by atoms with Crippen LogP contribution in [0.4, 0.5) is 0 Å². The summed E-state index contributed by atoms with van der Waals surface area (Å²) in [6.07, 6.45) is 0. The van der Waals surface area contributed by atoms with Gasteiger partial charge in [-0.25, -0.2) is 0 Å². The molecule has 0 atom stereocenters. The van der Waals surface area contributed by atoms with Gasteiger partial charge in [0.15, 0.2) is 18.8 Å². The SMILES string of the molecule is C[B]c1c(O)c(O)c(O)c(O)c1O. The molecular formula is C7H8BO5. The van der Waals surface area contributed by atoms with Crippen LogP contribution in [0.3, 0.4) is 0 Å². The molecule has 1 aromatic carbocycles. The highest BCUT2D eigenvalue weighted by atomic mass is 16.4. The van der Waals surface area contributed by atoms with E-state index >= 15 is 0 Å². The van der Waals surface area contributed by atoms with Gasteiger partial charge >= 0.3 is 0 Å². The van der Waals surface area contributed by atoms with Crippen molar-refractivity contribution >= 4 is 12.7 Å². The zero-order valence-electron chi connectivity index (χ0n) is 6.81. The zero-order chi connectivity index (χ0) is 10.2. The van der Waals surface area contributed by atoms with Gasteiger partial charge in [-0.15, -0.1) is 0 Å². The number of rotatable bonds is 1. The van der Waals surface area contributed by atoms with Crippen LogP contribution < -0.4 is 5.46 Å². The third-order valence-electron chi connectivity index (χ3n) is 1.70. The van der Waals surface area contributed by atoms with Crippen LogP contribution in [0.25, 0.3) is 0 Å². The predicted molar refractivity (Wildman–Crippen MR) is 46.0 cm³/mol. The normalized spacial score (nSPS) is 9.92. The first-order chi connectivity index (χ1) is 6.00. The van der Waals surface area contributed by atoms with Crippen molar-refractivity contribution in [3.8, 4) is 28.7 Å². The highest BCUT2D eigenvalue weighted by Gasteiger charge is 2.21. The highest BCUT2D eigenvalue weighted by molar-refractivity contribution is 6.54. The third kappa shape index (κ3) is 1.20. The molecule has 0 saturated heterocycles. The fourth-order valence-electron chi connectivity index (χ4n) is 0.977. The average Bonchev–Trinajstić information content (AvgIpc) is 2.13. The molecule has 1 radical (unpaired) electrons. The van der Waals surface area contributed by atoms with Crippen molar-refractivity contribution < 1.29 is 25.5 Å². The van der Waals surface area contributed by atoms with Crippen LogP contribution in [0.15, 0.2) is 0 Å². The first-order valence-corrected chi connectivity index (χ1v) is 3.48. The second-order valence-corrected chi connectivity index (χ2v) is 2.45. The lowest BCUT2D eigenvalue weighted by atomic mass is 9.72. The van der Waals surface area contributed by atoms with Gasteiger partial charge in [-0.2, -0.15) is 0 Å². The lowest BCUT2D eigenvalue weighted by molar-refractivity contribution is 0.331. The van der Waals surface area contributed by atoms with Gasteiger partial charge in [0, 0.05) is 5.46 Å². The molecule has 0 aliphatic carbocycles. The van der Waals surface area contributed by atoms with Gasteiger partial charge in [0.25, 0.3) is 0 Å². The van der Waals surface area contributed by atoms with Crippen molar-refractivity contribution in [3.05, 3.63) is 0 Å². The van der Waals surface area contributed by atoms with E-state index in [1.807, 2.05) is 0 Å². The first kappa shape index (κ1) is 9.37. The summed E-state index contributed by atoms with van der Waals surface area (Å²) in [5.74, 6) is -4.00. The van der Waals surface area contributed by atoms with Crippen LogP contribution in [-0.4, -0.2) is 32.8 Å². The van der Waals surface area contributed by atoms with Crippen molar-refractivity contribution in [1.29, 1.82) is 0 Å². The Kier molecular flexibility index (Phi) is 2.14. The number of aromatic hydroxyl groups is 5. The van der Waals surface area contributed by atoms with Crippen LogP contribution in [0.2, 0.25) is 6.82 Å². The molecule has 0 saturated carbocycles. The molecule has 1 rings (SSSR count). The Bertz CT molecular complexity index is 320. The van der Waals surface area contributed by atoms with Gasteiger partial charge in [-0.1, -0.05) is 6.82 Å². The topological polar surface area (TPSA) is 101 Å². The van der Waals surface area contributed by atoms with E-state index in [1.165, 1.54) is 14.1 Å². The van der Waals surface area contributed by atoms with Crippen LogP contribution in [0, 0.1) is 0 Å². The Labute approximate surface area is 74.8 Å². The number of hydrogen-bond donors (Lipinski definition) is 5. The quantitative estimate of drug-likeness (QED) is 0.231. The molecule has 0 heterocycles. The molecule has 5 nitrogen and oxygen atoms in total. The minimum Gasteiger partial charge on any atom is -0.504 e. The summed E-state index contributed by atoms with van der Waals surface area (Å²) < 4.78 is 0. The summed E-state index contributed by atoms with van der Waals surface area (Å²) in [6.45, 7) is 1.49. The Morgan fingerprint density at radius 3 is 1.31 bits per heavy atom. The van der Waals surface area contributed by atoms with Gasteiger partial charge in [-0.3, -0.25) is 0 Å². The van der Waals surface area contributed by atoms with Gasteiger partial charge in [0.2, 0.25) is 17.2 Å². The highest BCUT2D eigenvalue weighted by Crippen LogP contribution is 2.45. The van der Waals surface area contributed by atoms with Gasteiger partial charge in [0.05, 0.1) is 0 Å². The van der Waals surface area contributed by atoms with E-state index in [2.05, 4.69) is 0 Å². The van der Waals surface area contributed by atoms with Crippen LogP contribution in [0.1, 0.15) is 0 Å². The second-order valence-electron chi connectivity index (χ2n) is 2.45. The number of hydrogen-bond acceptors (Lipinski definition) is 5. The van der Waals surface area contributed by atoms with Crippen LogP contribution in [-0.2, 0) is 0 Å². The van der Waals surface area contributed by atoms with E-state index in [1.54, 1.807) is 0 Å². The molecule has 0 bridgehead atoms. The Balaban J connectivity index is 3.56. The lowest BCUT2D eigenvalue weighted by Crippen LogP contribution is -2.11. The van der Waals surface area contributed by atoms with Crippen molar-refractivity contribution in [2.24, 2.45) is 0 Å². The molecular weight excluding hydrogens is 175 g/mol. The van der Waals surface area contributed by atoms with Gasteiger partial charge < -0.3 is 25.5 Å². The molecule has 13 heavy (non-hydrogen) atoms. The van der Waals surface area contributed by atoms with E-state index in [-0.39, 0.29) is 5.46 Å². The summed E-state index contributed by atoms with van der Waals surface area (Å²) in [5.41, 5.74) is -0.132. The summed E-state index contributed by atoms with van der Waals surface area (Å²) in [7, 11) is 1.28. The molecule has 0 aromatic heterocycles. The Hall–Kier alpha value is -1.72.